The van der Waals surface area contributed by atoms with Crippen LogP contribution < -0.4 is 0 Å². The molecular weight excluding hydrogens is 200 g/mol. The standard InChI is InChI=1S/C6H14O3.C4H6O2/c1-2-6(3-7,4-8)5-9;1-2-3-4(5)6/h7-9H,2-5H2,1H3;2-3H,1H3,(H,5,6)/b;3-2+. The van der Waals surface area contributed by atoms with Gasteiger partial charge < -0.3 is 20.4 Å². The van der Waals surface area contributed by atoms with Crippen LogP contribution in [-0.4, -0.2) is 46.2 Å². The highest BCUT2D eigenvalue weighted by Crippen LogP contribution is 2.18. The molecule has 0 saturated heterocycles. The van der Waals surface area contributed by atoms with Crippen molar-refractivity contribution in [2.75, 3.05) is 19.8 Å². The Bertz CT molecular complexity index is 167. The van der Waals surface area contributed by atoms with E-state index >= 15 is 0 Å². The number of allylic oxidation sites excluding steroid dienone is 1. The molecule has 4 N–H and O–H groups in total. The number of aliphatic hydroxyl groups is 3. The number of carboxylic acids is 1. The van der Waals surface area contributed by atoms with Crippen LogP contribution >= 0.6 is 0 Å². The highest BCUT2D eigenvalue weighted by atomic mass is 16.4. The van der Waals surface area contributed by atoms with Gasteiger partial charge in [0.1, 0.15) is 0 Å². The van der Waals surface area contributed by atoms with Gasteiger partial charge >= 0.3 is 5.97 Å². The van der Waals surface area contributed by atoms with Crippen LogP contribution in [0.2, 0.25) is 0 Å². The largest absolute Gasteiger partial charge is 0.478 e. The first kappa shape index (κ1) is 16.5. The normalized spacial score (nSPS) is 11.0. The van der Waals surface area contributed by atoms with Crippen molar-refractivity contribution in [1.29, 1.82) is 0 Å². The van der Waals surface area contributed by atoms with Crippen molar-refractivity contribution in [3.8, 4) is 0 Å². The van der Waals surface area contributed by atoms with Gasteiger partial charge in [-0.1, -0.05) is 13.0 Å². The second-order valence-corrected chi connectivity index (χ2v) is 3.17. The lowest BCUT2D eigenvalue weighted by molar-refractivity contribution is -0.131. The molecule has 0 aromatic rings. The van der Waals surface area contributed by atoms with Crippen LogP contribution in [0, 0.1) is 5.41 Å². The summed E-state index contributed by atoms with van der Waals surface area (Å²) in [5.41, 5.74) is -0.667. The zero-order valence-corrected chi connectivity index (χ0v) is 9.18. The first-order chi connectivity index (χ1) is 7.01. The van der Waals surface area contributed by atoms with Crippen molar-refractivity contribution in [3.63, 3.8) is 0 Å². The van der Waals surface area contributed by atoms with Gasteiger partial charge in [0.25, 0.3) is 0 Å². The van der Waals surface area contributed by atoms with E-state index < -0.39 is 11.4 Å². The first-order valence-electron chi connectivity index (χ1n) is 4.70. The van der Waals surface area contributed by atoms with Crippen LogP contribution in [0.15, 0.2) is 12.2 Å². The summed E-state index contributed by atoms with van der Waals surface area (Å²) in [4.78, 5) is 9.51. The summed E-state index contributed by atoms with van der Waals surface area (Å²) in [6, 6.07) is 0. The number of hydrogen-bond acceptors (Lipinski definition) is 4. The third-order valence-corrected chi connectivity index (χ3v) is 2.07. The molecule has 0 aromatic heterocycles. The Hall–Kier alpha value is -0.910. The summed E-state index contributed by atoms with van der Waals surface area (Å²) in [6.07, 6.45) is 3.15. The monoisotopic (exact) mass is 220 g/mol. The van der Waals surface area contributed by atoms with E-state index in [0.29, 0.717) is 6.42 Å². The second-order valence-electron chi connectivity index (χ2n) is 3.17. The predicted molar refractivity (Wildman–Crippen MR) is 56.4 cm³/mol. The molecule has 0 rings (SSSR count). The van der Waals surface area contributed by atoms with Crippen LogP contribution in [0.4, 0.5) is 0 Å². The molecule has 5 nitrogen and oxygen atoms in total. The molecule has 0 bridgehead atoms. The van der Waals surface area contributed by atoms with Gasteiger partial charge in [0, 0.05) is 11.5 Å². The number of carboxylic acid groups (broad SMARTS) is 1. The van der Waals surface area contributed by atoms with Crippen LogP contribution in [-0.2, 0) is 4.79 Å². The molecule has 0 aliphatic heterocycles. The molecule has 0 atom stereocenters. The number of rotatable bonds is 5. The minimum Gasteiger partial charge on any atom is -0.478 e. The van der Waals surface area contributed by atoms with E-state index in [0.717, 1.165) is 6.08 Å². The van der Waals surface area contributed by atoms with Crippen molar-refractivity contribution in [2.45, 2.75) is 20.3 Å². The third kappa shape index (κ3) is 8.11. The van der Waals surface area contributed by atoms with Gasteiger partial charge in [0.15, 0.2) is 0 Å². The summed E-state index contributed by atoms with van der Waals surface area (Å²) in [7, 11) is 0. The number of aliphatic carboxylic acids is 1. The molecule has 0 amide bonds. The molecule has 0 aliphatic carbocycles. The molecule has 15 heavy (non-hydrogen) atoms. The fourth-order valence-electron chi connectivity index (χ4n) is 0.628. The van der Waals surface area contributed by atoms with Gasteiger partial charge in [-0.2, -0.15) is 0 Å². The van der Waals surface area contributed by atoms with Crippen molar-refractivity contribution < 1.29 is 25.2 Å². The van der Waals surface area contributed by atoms with Gasteiger partial charge in [0.2, 0.25) is 0 Å². The Morgan fingerprint density at radius 1 is 1.20 bits per heavy atom. The van der Waals surface area contributed by atoms with Gasteiger partial charge in [-0.05, 0) is 13.3 Å². The summed E-state index contributed by atoms with van der Waals surface area (Å²) in [6.45, 7) is 3.01. The van der Waals surface area contributed by atoms with Crippen LogP contribution in [0.5, 0.6) is 0 Å². The van der Waals surface area contributed by atoms with E-state index in [9.17, 15) is 4.79 Å². The van der Waals surface area contributed by atoms with E-state index in [1.807, 2.05) is 6.92 Å². The molecule has 0 unspecified atom stereocenters. The Morgan fingerprint density at radius 3 is 1.60 bits per heavy atom. The Kier molecular flexibility index (Phi) is 10.6. The highest BCUT2D eigenvalue weighted by molar-refractivity contribution is 5.79. The molecule has 0 aliphatic rings. The maximum atomic E-state index is 9.51. The quantitative estimate of drug-likeness (QED) is 0.489. The minimum atomic E-state index is -0.891. The summed E-state index contributed by atoms with van der Waals surface area (Å²) < 4.78 is 0. The molecule has 0 radical (unpaired) electrons. The first-order valence-corrected chi connectivity index (χ1v) is 4.70. The number of hydrogen-bond donors (Lipinski definition) is 4. The van der Waals surface area contributed by atoms with Crippen molar-refractivity contribution in [2.24, 2.45) is 5.41 Å². The summed E-state index contributed by atoms with van der Waals surface area (Å²) in [5, 5.41) is 33.8. The second kappa shape index (κ2) is 9.64. The zero-order chi connectivity index (χ0) is 12.3. The van der Waals surface area contributed by atoms with Gasteiger partial charge in [-0.3, -0.25) is 0 Å². The molecule has 0 heterocycles. The smallest absolute Gasteiger partial charge is 0.327 e. The summed E-state index contributed by atoms with van der Waals surface area (Å²) in [5.74, 6) is -0.891. The lowest BCUT2D eigenvalue weighted by Gasteiger charge is -2.24. The fraction of sp³-hybridized carbons (Fsp3) is 0.700. The number of carbonyl (C=O) groups is 1. The zero-order valence-electron chi connectivity index (χ0n) is 9.18. The van der Waals surface area contributed by atoms with E-state index in [1.54, 1.807) is 6.92 Å². The fourth-order valence-corrected chi connectivity index (χ4v) is 0.628. The lowest BCUT2D eigenvalue weighted by atomic mass is 9.88. The molecular formula is C10H20O5. The Morgan fingerprint density at radius 2 is 1.60 bits per heavy atom. The number of aliphatic hydroxyl groups excluding tert-OH is 3. The van der Waals surface area contributed by atoms with Crippen LogP contribution in [0.3, 0.4) is 0 Å². The molecule has 0 aromatic carbocycles. The SMILES string of the molecule is C/C=C/C(=O)O.CCC(CO)(CO)CO. The van der Waals surface area contributed by atoms with Gasteiger partial charge in [0.05, 0.1) is 19.8 Å². The van der Waals surface area contributed by atoms with Crippen LogP contribution in [0.25, 0.3) is 0 Å². The maximum Gasteiger partial charge on any atom is 0.327 e. The molecule has 5 heteroatoms. The molecule has 90 valence electrons. The lowest BCUT2D eigenvalue weighted by Crippen LogP contribution is -2.32. The van der Waals surface area contributed by atoms with Crippen LogP contribution in [0.1, 0.15) is 20.3 Å². The minimum absolute atomic E-state index is 0.156. The highest BCUT2D eigenvalue weighted by Gasteiger charge is 2.24. The van der Waals surface area contributed by atoms with Crippen molar-refractivity contribution >= 4 is 5.97 Å². The van der Waals surface area contributed by atoms with E-state index in [4.69, 9.17) is 20.4 Å². The maximum absolute atomic E-state index is 9.51. The summed E-state index contributed by atoms with van der Waals surface area (Å²) >= 11 is 0. The molecule has 0 spiro atoms. The van der Waals surface area contributed by atoms with Gasteiger partial charge in [-0.25, -0.2) is 4.79 Å². The average Bonchev–Trinajstić information content (AvgIpc) is 2.23. The van der Waals surface area contributed by atoms with Crippen molar-refractivity contribution in [3.05, 3.63) is 12.2 Å². The van der Waals surface area contributed by atoms with E-state index in [1.165, 1.54) is 6.08 Å². The van der Waals surface area contributed by atoms with E-state index in [-0.39, 0.29) is 19.8 Å². The predicted octanol–water partition coefficient (Wildman–Crippen LogP) is 0.00680. The third-order valence-electron chi connectivity index (χ3n) is 2.07. The van der Waals surface area contributed by atoms with Gasteiger partial charge in [-0.15, -0.1) is 0 Å². The average molecular weight is 220 g/mol. The Labute approximate surface area is 89.7 Å². The van der Waals surface area contributed by atoms with Crippen molar-refractivity contribution in [1.82, 2.24) is 0 Å². The molecule has 0 fully saturated rings. The topological polar surface area (TPSA) is 98.0 Å². The van der Waals surface area contributed by atoms with E-state index in [2.05, 4.69) is 0 Å². The Balaban J connectivity index is 0. The molecule has 0 saturated carbocycles.